The molecule has 1 amide bonds. The van der Waals surface area contributed by atoms with Crippen molar-refractivity contribution in [3.8, 4) is 5.75 Å². The molecule has 5 heteroatoms. The standard InChI is InChI=1S/C14H22N2O3/c1-4-19-8-12(9(2)3)16-14(18)10-6-5-7-11(15)13(10)17/h5-7,9,12,17H,4,8,15H2,1-3H3,(H,16,18). The largest absolute Gasteiger partial charge is 0.505 e. The number of carbonyl (C=O) groups excluding carboxylic acids is 1. The zero-order chi connectivity index (χ0) is 14.4. The number of hydrogen-bond donors (Lipinski definition) is 3. The molecule has 1 aromatic rings. The van der Waals surface area contributed by atoms with Crippen LogP contribution in [0.1, 0.15) is 31.1 Å². The minimum atomic E-state index is -0.344. The number of nitrogens with two attached hydrogens (primary N) is 1. The van der Waals surface area contributed by atoms with Gasteiger partial charge in [0.15, 0.2) is 5.75 Å². The summed E-state index contributed by atoms with van der Waals surface area (Å²) in [5, 5.41) is 12.6. The maximum Gasteiger partial charge on any atom is 0.255 e. The van der Waals surface area contributed by atoms with Gasteiger partial charge in [0.2, 0.25) is 0 Å². The van der Waals surface area contributed by atoms with E-state index < -0.39 is 0 Å². The molecule has 0 spiro atoms. The third kappa shape index (κ3) is 4.13. The van der Waals surface area contributed by atoms with E-state index in [9.17, 15) is 9.90 Å². The molecule has 0 aliphatic carbocycles. The minimum absolute atomic E-state index is 0.103. The van der Waals surface area contributed by atoms with E-state index in [0.29, 0.717) is 13.2 Å². The number of aromatic hydroxyl groups is 1. The number of benzene rings is 1. The number of rotatable bonds is 6. The second-order valence-electron chi connectivity index (χ2n) is 4.73. The molecule has 0 aliphatic rings. The molecule has 0 radical (unpaired) electrons. The van der Waals surface area contributed by atoms with Crippen LogP contribution >= 0.6 is 0 Å². The summed E-state index contributed by atoms with van der Waals surface area (Å²) in [5.74, 6) is -0.291. The molecular weight excluding hydrogens is 244 g/mol. The van der Waals surface area contributed by atoms with Gasteiger partial charge in [-0.25, -0.2) is 0 Å². The Kier molecular flexibility index (Phi) is 5.63. The van der Waals surface area contributed by atoms with Gasteiger partial charge in [0.25, 0.3) is 5.91 Å². The van der Waals surface area contributed by atoms with Gasteiger partial charge in [-0.3, -0.25) is 4.79 Å². The summed E-state index contributed by atoms with van der Waals surface area (Å²) in [6.45, 7) is 6.96. The number of carbonyl (C=O) groups is 1. The first-order valence-corrected chi connectivity index (χ1v) is 6.43. The Labute approximate surface area is 113 Å². The van der Waals surface area contributed by atoms with Crippen LogP contribution < -0.4 is 11.1 Å². The summed E-state index contributed by atoms with van der Waals surface area (Å²) in [6, 6.07) is 4.62. The summed E-state index contributed by atoms with van der Waals surface area (Å²) < 4.78 is 5.35. The van der Waals surface area contributed by atoms with Gasteiger partial charge in [-0.2, -0.15) is 0 Å². The molecule has 1 unspecified atom stereocenters. The summed E-state index contributed by atoms with van der Waals surface area (Å²) in [5.41, 5.74) is 5.95. The number of anilines is 1. The number of para-hydroxylation sites is 1. The predicted octanol–water partition coefficient (Wildman–Crippen LogP) is 1.77. The summed E-state index contributed by atoms with van der Waals surface area (Å²) >= 11 is 0. The first kappa shape index (κ1) is 15.3. The Morgan fingerprint density at radius 1 is 1.47 bits per heavy atom. The van der Waals surface area contributed by atoms with Gasteiger partial charge in [-0.15, -0.1) is 0 Å². The van der Waals surface area contributed by atoms with Crippen LogP contribution in [0.4, 0.5) is 5.69 Å². The molecule has 0 bridgehead atoms. The SMILES string of the molecule is CCOCC(NC(=O)c1cccc(N)c1O)C(C)C. The summed E-state index contributed by atoms with van der Waals surface area (Å²) in [4.78, 5) is 12.1. The second-order valence-corrected chi connectivity index (χ2v) is 4.73. The molecule has 0 saturated heterocycles. The third-order valence-corrected chi connectivity index (χ3v) is 2.93. The summed E-state index contributed by atoms with van der Waals surface area (Å²) in [6.07, 6.45) is 0. The number of amides is 1. The van der Waals surface area contributed by atoms with Crippen molar-refractivity contribution in [2.75, 3.05) is 18.9 Å². The smallest absolute Gasteiger partial charge is 0.255 e. The van der Waals surface area contributed by atoms with E-state index in [4.69, 9.17) is 10.5 Å². The number of nitrogens with one attached hydrogen (secondary N) is 1. The minimum Gasteiger partial charge on any atom is -0.505 e. The fourth-order valence-corrected chi connectivity index (χ4v) is 1.64. The fourth-order valence-electron chi connectivity index (χ4n) is 1.64. The molecule has 0 saturated carbocycles. The number of phenols is 1. The first-order chi connectivity index (χ1) is 8.97. The number of nitrogen functional groups attached to an aromatic ring is 1. The average molecular weight is 266 g/mol. The van der Waals surface area contributed by atoms with Crippen molar-refractivity contribution in [1.29, 1.82) is 0 Å². The highest BCUT2D eigenvalue weighted by Crippen LogP contribution is 2.24. The lowest BCUT2D eigenvalue weighted by molar-refractivity contribution is 0.0804. The van der Waals surface area contributed by atoms with Crippen LogP contribution in [0.2, 0.25) is 0 Å². The maximum atomic E-state index is 12.1. The molecule has 4 N–H and O–H groups in total. The molecule has 5 nitrogen and oxygen atoms in total. The van der Waals surface area contributed by atoms with Gasteiger partial charge in [0, 0.05) is 6.61 Å². The molecule has 0 heterocycles. The molecule has 0 fully saturated rings. The van der Waals surface area contributed by atoms with Crippen molar-refractivity contribution < 1.29 is 14.6 Å². The van der Waals surface area contributed by atoms with Crippen molar-refractivity contribution in [3.05, 3.63) is 23.8 Å². The van der Waals surface area contributed by atoms with Crippen LogP contribution in [-0.4, -0.2) is 30.3 Å². The normalized spacial score (nSPS) is 12.4. The van der Waals surface area contributed by atoms with Gasteiger partial charge >= 0.3 is 0 Å². The molecule has 19 heavy (non-hydrogen) atoms. The van der Waals surface area contributed by atoms with Crippen molar-refractivity contribution in [3.63, 3.8) is 0 Å². The molecular formula is C14H22N2O3. The molecule has 1 rings (SSSR count). The average Bonchev–Trinajstić information content (AvgIpc) is 2.37. The highest BCUT2D eigenvalue weighted by molar-refractivity contribution is 5.98. The van der Waals surface area contributed by atoms with Gasteiger partial charge in [0.1, 0.15) is 0 Å². The van der Waals surface area contributed by atoms with Crippen LogP contribution in [0.25, 0.3) is 0 Å². The van der Waals surface area contributed by atoms with E-state index in [-0.39, 0.29) is 34.9 Å². The van der Waals surface area contributed by atoms with Crippen LogP contribution in [0.15, 0.2) is 18.2 Å². The molecule has 1 aromatic carbocycles. The Morgan fingerprint density at radius 2 is 2.16 bits per heavy atom. The number of phenolic OH excluding ortho intramolecular Hbond substituents is 1. The molecule has 1 atom stereocenters. The van der Waals surface area contributed by atoms with E-state index in [1.165, 1.54) is 0 Å². The fraction of sp³-hybridized carbons (Fsp3) is 0.500. The maximum absolute atomic E-state index is 12.1. The Morgan fingerprint density at radius 3 is 2.74 bits per heavy atom. The van der Waals surface area contributed by atoms with Gasteiger partial charge in [-0.1, -0.05) is 19.9 Å². The van der Waals surface area contributed by atoms with Crippen molar-refractivity contribution >= 4 is 11.6 Å². The first-order valence-electron chi connectivity index (χ1n) is 6.43. The van der Waals surface area contributed by atoms with Crippen LogP contribution in [0.5, 0.6) is 5.75 Å². The number of ether oxygens (including phenoxy) is 1. The molecule has 0 aromatic heterocycles. The highest BCUT2D eigenvalue weighted by Gasteiger charge is 2.19. The van der Waals surface area contributed by atoms with Crippen molar-refractivity contribution in [1.82, 2.24) is 5.32 Å². The molecule has 106 valence electrons. The highest BCUT2D eigenvalue weighted by atomic mass is 16.5. The quantitative estimate of drug-likeness (QED) is 0.541. The lowest BCUT2D eigenvalue weighted by Gasteiger charge is -2.22. The van der Waals surface area contributed by atoms with Crippen LogP contribution in [0.3, 0.4) is 0 Å². The zero-order valence-electron chi connectivity index (χ0n) is 11.6. The lowest BCUT2D eigenvalue weighted by Crippen LogP contribution is -2.41. The van der Waals surface area contributed by atoms with Gasteiger partial charge in [-0.05, 0) is 25.0 Å². The monoisotopic (exact) mass is 266 g/mol. The Hall–Kier alpha value is -1.75. The Balaban J connectivity index is 2.79. The van der Waals surface area contributed by atoms with Gasteiger partial charge < -0.3 is 20.9 Å². The second kappa shape index (κ2) is 6.99. The van der Waals surface area contributed by atoms with Crippen LogP contribution in [-0.2, 0) is 4.74 Å². The van der Waals surface area contributed by atoms with E-state index in [1.54, 1.807) is 18.2 Å². The van der Waals surface area contributed by atoms with E-state index in [0.717, 1.165) is 0 Å². The predicted molar refractivity (Wildman–Crippen MR) is 75.1 cm³/mol. The van der Waals surface area contributed by atoms with Crippen LogP contribution in [0, 0.1) is 5.92 Å². The van der Waals surface area contributed by atoms with E-state index in [1.807, 2.05) is 20.8 Å². The summed E-state index contributed by atoms with van der Waals surface area (Å²) in [7, 11) is 0. The van der Waals surface area contributed by atoms with Crippen molar-refractivity contribution in [2.24, 2.45) is 5.92 Å². The Bertz CT molecular complexity index is 433. The molecule has 0 aliphatic heterocycles. The van der Waals surface area contributed by atoms with E-state index >= 15 is 0 Å². The number of hydrogen-bond acceptors (Lipinski definition) is 4. The van der Waals surface area contributed by atoms with Gasteiger partial charge in [0.05, 0.1) is 23.9 Å². The topological polar surface area (TPSA) is 84.6 Å². The zero-order valence-corrected chi connectivity index (χ0v) is 11.6. The van der Waals surface area contributed by atoms with Crippen molar-refractivity contribution in [2.45, 2.75) is 26.8 Å². The van der Waals surface area contributed by atoms with E-state index in [2.05, 4.69) is 5.32 Å². The third-order valence-electron chi connectivity index (χ3n) is 2.93. The lowest BCUT2D eigenvalue weighted by atomic mass is 10.0.